The number of likely N-dealkylation sites (tertiary alicyclic amines) is 1. The normalized spacial score (nSPS) is 17.5. The number of carbonyl (C=O) groups excluding carboxylic acids is 1. The summed E-state index contributed by atoms with van der Waals surface area (Å²) in [7, 11) is 0. The standard InChI is InChI=1S/C27H30FN3O2/c1-18-13-20(14-19(2)26(18)32)16-31-12-6-8-22(17-31)25(24-10-3-4-11-29-24)30-27(33)21-7-5-9-23(28)15-21/h3-5,7,9-11,13-15,22,25,32H,6,8,12,16-17H2,1-2H3,(H,30,33). The SMILES string of the molecule is Cc1cc(CN2CCCC(C(NC(=O)c3cccc(F)c3)c3ccccn3)C2)cc(C)c1O. The van der Waals surface area contributed by atoms with Crippen LogP contribution in [0.15, 0.2) is 60.8 Å². The van der Waals surface area contributed by atoms with Gasteiger partial charge in [0.05, 0.1) is 11.7 Å². The summed E-state index contributed by atoms with van der Waals surface area (Å²) in [5.74, 6) is -0.205. The summed E-state index contributed by atoms with van der Waals surface area (Å²) >= 11 is 0. The van der Waals surface area contributed by atoms with Crippen molar-refractivity contribution in [2.24, 2.45) is 5.92 Å². The van der Waals surface area contributed by atoms with E-state index in [2.05, 4.69) is 15.2 Å². The van der Waals surface area contributed by atoms with E-state index in [1.54, 1.807) is 18.3 Å². The Morgan fingerprint density at radius 3 is 2.67 bits per heavy atom. The second-order valence-corrected chi connectivity index (χ2v) is 8.93. The molecule has 5 nitrogen and oxygen atoms in total. The van der Waals surface area contributed by atoms with Crippen molar-refractivity contribution in [3.05, 3.63) is 94.6 Å². The molecule has 172 valence electrons. The number of amides is 1. The maximum atomic E-state index is 13.7. The van der Waals surface area contributed by atoms with Crippen molar-refractivity contribution in [3.8, 4) is 5.75 Å². The molecule has 0 aliphatic carbocycles. The number of phenols is 1. The average Bonchev–Trinajstić information content (AvgIpc) is 2.81. The van der Waals surface area contributed by atoms with Crippen LogP contribution in [-0.4, -0.2) is 34.0 Å². The zero-order chi connectivity index (χ0) is 23.4. The van der Waals surface area contributed by atoms with Crippen molar-refractivity contribution < 1.29 is 14.3 Å². The molecule has 2 heterocycles. The predicted molar refractivity (Wildman–Crippen MR) is 126 cm³/mol. The lowest BCUT2D eigenvalue weighted by atomic mass is 9.88. The Balaban J connectivity index is 1.53. The van der Waals surface area contributed by atoms with Gasteiger partial charge in [0.25, 0.3) is 5.91 Å². The molecular weight excluding hydrogens is 417 g/mol. The second-order valence-electron chi connectivity index (χ2n) is 8.93. The van der Waals surface area contributed by atoms with Crippen molar-refractivity contribution in [2.45, 2.75) is 39.3 Å². The molecular formula is C27H30FN3O2. The molecule has 0 saturated carbocycles. The lowest BCUT2D eigenvalue weighted by Crippen LogP contribution is -2.43. The smallest absolute Gasteiger partial charge is 0.251 e. The maximum absolute atomic E-state index is 13.7. The van der Waals surface area contributed by atoms with Gasteiger partial charge in [0, 0.05) is 24.8 Å². The molecule has 1 aliphatic heterocycles. The van der Waals surface area contributed by atoms with Crippen LogP contribution in [0.3, 0.4) is 0 Å². The summed E-state index contributed by atoms with van der Waals surface area (Å²) in [5.41, 5.74) is 4.05. The van der Waals surface area contributed by atoms with Crippen LogP contribution in [0, 0.1) is 25.6 Å². The Morgan fingerprint density at radius 1 is 1.18 bits per heavy atom. The van der Waals surface area contributed by atoms with E-state index in [0.717, 1.165) is 49.3 Å². The van der Waals surface area contributed by atoms with Crippen LogP contribution < -0.4 is 5.32 Å². The van der Waals surface area contributed by atoms with Gasteiger partial charge in [0.15, 0.2) is 0 Å². The van der Waals surface area contributed by atoms with Gasteiger partial charge in [-0.25, -0.2) is 4.39 Å². The third kappa shape index (κ3) is 5.57. The zero-order valence-corrected chi connectivity index (χ0v) is 19.1. The molecule has 1 aliphatic rings. The Bertz CT molecular complexity index is 1100. The third-order valence-electron chi connectivity index (χ3n) is 6.35. The van der Waals surface area contributed by atoms with Gasteiger partial charge in [-0.3, -0.25) is 14.7 Å². The lowest BCUT2D eigenvalue weighted by molar-refractivity contribution is 0.0874. The highest BCUT2D eigenvalue weighted by Crippen LogP contribution is 2.31. The molecule has 2 atom stereocenters. The number of nitrogens with zero attached hydrogens (tertiary/aromatic N) is 2. The lowest BCUT2D eigenvalue weighted by Gasteiger charge is -2.37. The van der Waals surface area contributed by atoms with Gasteiger partial charge in [-0.15, -0.1) is 0 Å². The molecule has 1 aromatic heterocycles. The van der Waals surface area contributed by atoms with Gasteiger partial charge in [-0.2, -0.15) is 0 Å². The molecule has 2 unspecified atom stereocenters. The number of nitrogens with one attached hydrogen (secondary N) is 1. The van der Waals surface area contributed by atoms with Gasteiger partial charge >= 0.3 is 0 Å². The number of benzene rings is 2. The molecule has 2 aromatic carbocycles. The minimum Gasteiger partial charge on any atom is -0.507 e. The molecule has 0 spiro atoms. The molecule has 4 rings (SSSR count). The van der Waals surface area contributed by atoms with Crippen LogP contribution >= 0.6 is 0 Å². The first-order chi connectivity index (χ1) is 15.9. The molecule has 6 heteroatoms. The van der Waals surface area contributed by atoms with Crippen molar-refractivity contribution >= 4 is 5.91 Å². The first kappa shape index (κ1) is 22.9. The van der Waals surface area contributed by atoms with Crippen LogP contribution in [0.25, 0.3) is 0 Å². The quantitative estimate of drug-likeness (QED) is 0.563. The van der Waals surface area contributed by atoms with E-state index in [4.69, 9.17) is 0 Å². The fraction of sp³-hybridized carbons (Fsp3) is 0.333. The number of carbonyl (C=O) groups is 1. The highest BCUT2D eigenvalue weighted by molar-refractivity contribution is 5.94. The summed E-state index contributed by atoms with van der Waals surface area (Å²) in [5, 5.41) is 13.2. The molecule has 33 heavy (non-hydrogen) atoms. The van der Waals surface area contributed by atoms with Crippen molar-refractivity contribution in [2.75, 3.05) is 13.1 Å². The van der Waals surface area contributed by atoms with Gasteiger partial charge in [0.1, 0.15) is 11.6 Å². The monoisotopic (exact) mass is 447 g/mol. The van der Waals surface area contributed by atoms with Crippen molar-refractivity contribution in [3.63, 3.8) is 0 Å². The minimum absolute atomic E-state index is 0.172. The maximum Gasteiger partial charge on any atom is 0.251 e. The largest absolute Gasteiger partial charge is 0.507 e. The Morgan fingerprint density at radius 2 is 1.97 bits per heavy atom. The van der Waals surface area contributed by atoms with Gasteiger partial charge in [0.2, 0.25) is 0 Å². The highest BCUT2D eigenvalue weighted by atomic mass is 19.1. The number of aryl methyl sites for hydroxylation is 2. The van der Waals surface area contributed by atoms with E-state index in [9.17, 15) is 14.3 Å². The molecule has 1 amide bonds. The summed E-state index contributed by atoms with van der Waals surface area (Å²) in [6.45, 7) is 6.41. The number of rotatable bonds is 6. The third-order valence-corrected chi connectivity index (χ3v) is 6.35. The highest BCUT2D eigenvalue weighted by Gasteiger charge is 2.31. The van der Waals surface area contributed by atoms with Crippen LogP contribution in [0.4, 0.5) is 4.39 Å². The molecule has 0 radical (unpaired) electrons. The van der Waals surface area contributed by atoms with Crippen molar-refractivity contribution in [1.82, 2.24) is 15.2 Å². The average molecular weight is 448 g/mol. The molecule has 1 saturated heterocycles. The predicted octanol–water partition coefficient (Wildman–Crippen LogP) is 4.93. The number of aromatic hydroxyl groups is 1. The van der Waals surface area contributed by atoms with Gasteiger partial charge < -0.3 is 10.4 Å². The number of phenolic OH excluding ortho intramolecular Hbond substituents is 1. The second kappa shape index (κ2) is 10.1. The first-order valence-electron chi connectivity index (χ1n) is 11.4. The minimum atomic E-state index is -0.430. The van der Waals surface area contributed by atoms with E-state index in [0.29, 0.717) is 11.3 Å². The summed E-state index contributed by atoms with van der Waals surface area (Å²) in [6, 6.07) is 15.3. The van der Waals surface area contributed by atoms with Crippen molar-refractivity contribution in [1.29, 1.82) is 0 Å². The fourth-order valence-corrected chi connectivity index (χ4v) is 4.75. The summed E-state index contributed by atoms with van der Waals surface area (Å²) in [6.07, 6.45) is 3.72. The summed E-state index contributed by atoms with van der Waals surface area (Å²) < 4.78 is 13.7. The number of hydrogen-bond acceptors (Lipinski definition) is 4. The Hall–Kier alpha value is -3.25. The number of hydrogen-bond donors (Lipinski definition) is 2. The molecule has 0 bridgehead atoms. The van der Waals surface area contributed by atoms with Crippen LogP contribution in [0.2, 0.25) is 0 Å². The van der Waals surface area contributed by atoms with Crippen LogP contribution in [-0.2, 0) is 6.54 Å². The topological polar surface area (TPSA) is 65.5 Å². The number of piperidine rings is 1. The Labute approximate surface area is 194 Å². The summed E-state index contributed by atoms with van der Waals surface area (Å²) in [4.78, 5) is 19.9. The van der Waals surface area contributed by atoms with Gasteiger partial charge in [-0.05, 0) is 86.2 Å². The van der Waals surface area contributed by atoms with Gasteiger partial charge in [-0.1, -0.05) is 24.3 Å². The number of pyridine rings is 1. The fourth-order valence-electron chi connectivity index (χ4n) is 4.75. The van der Waals surface area contributed by atoms with E-state index in [1.807, 2.05) is 44.2 Å². The van der Waals surface area contributed by atoms with Crippen LogP contribution in [0.1, 0.15) is 51.6 Å². The van der Waals surface area contributed by atoms with E-state index >= 15 is 0 Å². The molecule has 3 aromatic rings. The van der Waals surface area contributed by atoms with E-state index in [1.165, 1.54) is 17.7 Å². The molecule has 1 fully saturated rings. The van der Waals surface area contributed by atoms with E-state index in [-0.39, 0.29) is 17.9 Å². The first-order valence-corrected chi connectivity index (χ1v) is 11.4. The number of aromatic nitrogens is 1. The number of halogens is 1. The van der Waals surface area contributed by atoms with E-state index < -0.39 is 5.82 Å². The molecule has 2 N–H and O–H groups in total. The Kier molecular flexibility index (Phi) is 7.04. The zero-order valence-electron chi connectivity index (χ0n) is 19.1. The van der Waals surface area contributed by atoms with Crippen LogP contribution in [0.5, 0.6) is 5.75 Å².